The topological polar surface area (TPSA) is 66.4 Å². The van der Waals surface area contributed by atoms with Gasteiger partial charge in [0, 0.05) is 4.47 Å². The van der Waals surface area contributed by atoms with Crippen LogP contribution in [-0.2, 0) is 10.0 Å². The Hall–Kier alpha value is -1.53. The Morgan fingerprint density at radius 1 is 1.16 bits per heavy atom. The van der Waals surface area contributed by atoms with Crippen molar-refractivity contribution in [3.8, 4) is 5.75 Å². The van der Waals surface area contributed by atoms with E-state index in [0.717, 1.165) is 10.0 Å². The minimum Gasteiger partial charge on any atom is -0.506 e. The quantitative estimate of drug-likeness (QED) is 0.842. The molecular weight excluding hydrogens is 330 g/mol. The first-order valence-corrected chi connectivity index (χ1v) is 7.75. The van der Waals surface area contributed by atoms with E-state index in [1.54, 1.807) is 24.3 Å². The first kappa shape index (κ1) is 13.9. The van der Waals surface area contributed by atoms with Crippen LogP contribution in [0.3, 0.4) is 0 Å². The van der Waals surface area contributed by atoms with Gasteiger partial charge in [0.25, 0.3) is 10.0 Å². The lowest BCUT2D eigenvalue weighted by Crippen LogP contribution is -2.13. The second-order valence-corrected chi connectivity index (χ2v) is 6.57. The Kier molecular flexibility index (Phi) is 3.82. The number of aryl methyl sites for hydroxylation is 1. The van der Waals surface area contributed by atoms with Crippen LogP contribution >= 0.6 is 15.9 Å². The highest BCUT2D eigenvalue weighted by molar-refractivity contribution is 9.10. The Balaban J connectivity index is 2.38. The fourth-order valence-corrected chi connectivity index (χ4v) is 2.95. The molecule has 0 amide bonds. The average molecular weight is 342 g/mol. The predicted octanol–water partition coefficient (Wildman–Crippen LogP) is 3.26. The summed E-state index contributed by atoms with van der Waals surface area (Å²) in [5.74, 6) is -0.111. The summed E-state index contributed by atoms with van der Waals surface area (Å²) < 4.78 is 27.6. The van der Waals surface area contributed by atoms with Crippen molar-refractivity contribution >= 4 is 31.6 Å². The van der Waals surface area contributed by atoms with E-state index in [4.69, 9.17) is 0 Å². The van der Waals surface area contributed by atoms with Gasteiger partial charge in [0.1, 0.15) is 5.75 Å². The molecule has 0 aliphatic heterocycles. The largest absolute Gasteiger partial charge is 0.506 e. The molecule has 4 nitrogen and oxygen atoms in total. The third kappa shape index (κ3) is 3.08. The number of anilines is 1. The highest BCUT2D eigenvalue weighted by atomic mass is 79.9. The lowest BCUT2D eigenvalue weighted by Gasteiger charge is -2.10. The average Bonchev–Trinajstić information content (AvgIpc) is 2.35. The molecule has 2 N–H and O–H groups in total. The molecule has 100 valence electrons. The van der Waals surface area contributed by atoms with Crippen LogP contribution in [-0.4, -0.2) is 13.5 Å². The van der Waals surface area contributed by atoms with Crippen LogP contribution in [0.1, 0.15) is 5.56 Å². The first-order valence-electron chi connectivity index (χ1n) is 5.47. The van der Waals surface area contributed by atoms with E-state index in [1.165, 1.54) is 18.2 Å². The number of sulfonamides is 1. The molecule has 2 aromatic carbocycles. The number of phenolic OH excluding ortho intramolecular Hbond substituents is 1. The van der Waals surface area contributed by atoms with Gasteiger partial charge in [-0.2, -0.15) is 0 Å². The molecule has 0 heterocycles. The minimum absolute atomic E-state index is 0.111. The molecule has 0 spiro atoms. The van der Waals surface area contributed by atoms with Crippen LogP contribution in [0.25, 0.3) is 0 Å². The second kappa shape index (κ2) is 5.22. The second-order valence-electron chi connectivity index (χ2n) is 4.03. The molecule has 2 rings (SSSR count). The number of rotatable bonds is 3. The van der Waals surface area contributed by atoms with Crippen molar-refractivity contribution in [2.75, 3.05) is 4.72 Å². The summed E-state index contributed by atoms with van der Waals surface area (Å²) in [6.07, 6.45) is 0. The number of hydrogen-bond donors (Lipinski definition) is 2. The van der Waals surface area contributed by atoms with Gasteiger partial charge >= 0.3 is 0 Å². The summed E-state index contributed by atoms with van der Waals surface area (Å²) in [7, 11) is -3.71. The van der Waals surface area contributed by atoms with E-state index in [9.17, 15) is 13.5 Å². The number of benzene rings is 2. The van der Waals surface area contributed by atoms with Crippen LogP contribution in [0.15, 0.2) is 51.8 Å². The molecule has 0 saturated heterocycles. The van der Waals surface area contributed by atoms with Gasteiger partial charge in [-0.15, -0.1) is 0 Å². The number of para-hydroxylation sites is 2. The van der Waals surface area contributed by atoms with Crippen molar-refractivity contribution in [2.45, 2.75) is 11.8 Å². The van der Waals surface area contributed by atoms with Gasteiger partial charge in [-0.3, -0.25) is 4.72 Å². The fraction of sp³-hybridized carbons (Fsp3) is 0.0769. The molecule has 0 radical (unpaired) electrons. The van der Waals surface area contributed by atoms with Gasteiger partial charge in [-0.05, 0) is 42.8 Å². The van der Waals surface area contributed by atoms with Crippen molar-refractivity contribution in [3.05, 3.63) is 52.5 Å². The van der Waals surface area contributed by atoms with Crippen LogP contribution in [0.4, 0.5) is 5.69 Å². The molecule has 0 bridgehead atoms. The molecular formula is C13H12BrNO3S. The maximum Gasteiger partial charge on any atom is 0.262 e. The van der Waals surface area contributed by atoms with Crippen LogP contribution in [0.2, 0.25) is 0 Å². The molecule has 0 aromatic heterocycles. The number of halogens is 1. The zero-order chi connectivity index (χ0) is 14.0. The Bertz CT molecular complexity index is 714. The molecule has 0 aliphatic carbocycles. The van der Waals surface area contributed by atoms with Crippen LogP contribution in [0.5, 0.6) is 5.75 Å². The fourth-order valence-electron chi connectivity index (χ4n) is 1.55. The van der Waals surface area contributed by atoms with Gasteiger partial charge in [0.05, 0.1) is 10.6 Å². The lowest BCUT2D eigenvalue weighted by atomic mass is 10.2. The molecule has 19 heavy (non-hydrogen) atoms. The molecule has 0 atom stereocenters. The SMILES string of the molecule is Cc1cc(S(=O)(=O)Nc2ccccc2O)ccc1Br. The van der Waals surface area contributed by atoms with Gasteiger partial charge < -0.3 is 5.11 Å². The van der Waals surface area contributed by atoms with Crippen molar-refractivity contribution in [1.82, 2.24) is 0 Å². The standard InChI is InChI=1S/C13H12BrNO3S/c1-9-8-10(6-7-11(9)14)19(17,18)15-12-4-2-3-5-13(12)16/h2-8,15-16H,1H3. The maximum absolute atomic E-state index is 12.2. The molecule has 0 saturated carbocycles. The molecule has 0 aliphatic rings. The Labute approximate surface area is 120 Å². The van der Waals surface area contributed by atoms with Gasteiger partial charge in [0.15, 0.2) is 0 Å². The van der Waals surface area contributed by atoms with Gasteiger partial charge in [-0.1, -0.05) is 28.1 Å². The summed E-state index contributed by atoms with van der Waals surface area (Å²) >= 11 is 3.32. The van der Waals surface area contributed by atoms with Crippen molar-refractivity contribution in [3.63, 3.8) is 0 Å². The van der Waals surface area contributed by atoms with E-state index in [0.29, 0.717) is 0 Å². The molecule has 6 heteroatoms. The monoisotopic (exact) mass is 341 g/mol. The smallest absolute Gasteiger partial charge is 0.262 e. The number of aromatic hydroxyl groups is 1. The van der Waals surface area contributed by atoms with E-state index in [1.807, 2.05) is 6.92 Å². The van der Waals surface area contributed by atoms with Crippen LogP contribution in [0, 0.1) is 6.92 Å². The predicted molar refractivity (Wildman–Crippen MR) is 77.8 cm³/mol. The first-order chi connectivity index (χ1) is 8.90. The minimum atomic E-state index is -3.71. The summed E-state index contributed by atoms with van der Waals surface area (Å²) in [5.41, 5.74) is 0.975. The number of phenols is 1. The van der Waals surface area contributed by atoms with E-state index < -0.39 is 10.0 Å². The maximum atomic E-state index is 12.2. The molecule has 0 unspecified atom stereocenters. The number of hydrogen-bond acceptors (Lipinski definition) is 3. The van der Waals surface area contributed by atoms with E-state index in [-0.39, 0.29) is 16.3 Å². The normalized spacial score (nSPS) is 11.3. The highest BCUT2D eigenvalue weighted by Crippen LogP contribution is 2.26. The van der Waals surface area contributed by atoms with E-state index in [2.05, 4.69) is 20.7 Å². The summed E-state index contributed by atoms with van der Waals surface area (Å²) in [6.45, 7) is 1.81. The van der Waals surface area contributed by atoms with Crippen LogP contribution < -0.4 is 4.72 Å². The van der Waals surface area contributed by atoms with Gasteiger partial charge in [-0.25, -0.2) is 8.42 Å². The zero-order valence-electron chi connectivity index (χ0n) is 10.1. The zero-order valence-corrected chi connectivity index (χ0v) is 12.5. The van der Waals surface area contributed by atoms with Gasteiger partial charge in [0.2, 0.25) is 0 Å². The van der Waals surface area contributed by atoms with E-state index >= 15 is 0 Å². The van der Waals surface area contributed by atoms with Crippen molar-refractivity contribution < 1.29 is 13.5 Å². The summed E-state index contributed by atoms with van der Waals surface area (Å²) in [6, 6.07) is 10.9. The Morgan fingerprint density at radius 3 is 2.47 bits per heavy atom. The number of nitrogens with one attached hydrogen (secondary N) is 1. The summed E-state index contributed by atoms with van der Waals surface area (Å²) in [4.78, 5) is 0.149. The Morgan fingerprint density at radius 2 is 1.84 bits per heavy atom. The third-order valence-corrected chi connectivity index (χ3v) is 4.84. The highest BCUT2D eigenvalue weighted by Gasteiger charge is 2.16. The summed E-state index contributed by atoms with van der Waals surface area (Å²) in [5, 5.41) is 9.59. The third-order valence-electron chi connectivity index (χ3n) is 2.59. The van der Waals surface area contributed by atoms with Crippen molar-refractivity contribution in [1.29, 1.82) is 0 Å². The molecule has 0 fully saturated rings. The lowest BCUT2D eigenvalue weighted by molar-refractivity contribution is 0.477. The molecule has 2 aromatic rings. The van der Waals surface area contributed by atoms with Crippen molar-refractivity contribution in [2.24, 2.45) is 0 Å².